The number of phenolic OH excluding ortho intramolecular Hbond substituents is 2. The normalized spacial score (nSPS) is 11.0. The van der Waals surface area contributed by atoms with Crippen LogP contribution in [0.1, 0.15) is 63.9 Å². The van der Waals surface area contributed by atoms with E-state index in [1.54, 1.807) is 12.1 Å². The van der Waals surface area contributed by atoms with Crippen LogP contribution in [0.2, 0.25) is 0 Å². The number of aromatic hydroxyl groups is 2. The molecule has 0 saturated heterocycles. The van der Waals surface area contributed by atoms with E-state index in [1.165, 1.54) is 56.7 Å². The molecule has 4 nitrogen and oxygen atoms in total. The zero-order valence-electron chi connectivity index (χ0n) is 14.0. The van der Waals surface area contributed by atoms with Crippen molar-refractivity contribution in [3.8, 4) is 11.5 Å². The number of benzene rings is 1. The maximum absolute atomic E-state index is 11.6. The summed E-state index contributed by atoms with van der Waals surface area (Å²) >= 11 is 0. The van der Waals surface area contributed by atoms with Gasteiger partial charge in [0.1, 0.15) is 0 Å². The van der Waals surface area contributed by atoms with E-state index in [4.69, 9.17) is 4.74 Å². The summed E-state index contributed by atoms with van der Waals surface area (Å²) in [5.74, 6) is -0.778. The van der Waals surface area contributed by atoms with Gasteiger partial charge in [-0.1, -0.05) is 57.9 Å². The van der Waals surface area contributed by atoms with Gasteiger partial charge in [-0.05, 0) is 30.2 Å². The van der Waals surface area contributed by atoms with Crippen molar-refractivity contribution in [2.24, 2.45) is 0 Å². The maximum Gasteiger partial charge on any atom is 0.330 e. The monoisotopic (exact) mass is 320 g/mol. The molecular formula is C19H28O4. The van der Waals surface area contributed by atoms with Crippen molar-refractivity contribution in [3.63, 3.8) is 0 Å². The van der Waals surface area contributed by atoms with Gasteiger partial charge in [-0.3, -0.25) is 0 Å². The second-order valence-corrected chi connectivity index (χ2v) is 5.72. The average molecular weight is 320 g/mol. The Hall–Kier alpha value is -1.97. The van der Waals surface area contributed by atoms with Crippen molar-refractivity contribution >= 4 is 12.0 Å². The van der Waals surface area contributed by atoms with E-state index >= 15 is 0 Å². The fraction of sp³-hybridized carbons (Fsp3) is 0.526. The lowest BCUT2D eigenvalue weighted by Gasteiger charge is -2.03. The van der Waals surface area contributed by atoms with Crippen molar-refractivity contribution in [2.45, 2.75) is 58.3 Å². The number of carbonyl (C=O) groups is 1. The molecule has 1 aromatic rings. The van der Waals surface area contributed by atoms with Gasteiger partial charge in [-0.2, -0.15) is 0 Å². The minimum absolute atomic E-state index is 0.181. The van der Waals surface area contributed by atoms with Crippen LogP contribution in [0.3, 0.4) is 0 Å². The third-order valence-corrected chi connectivity index (χ3v) is 3.65. The smallest absolute Gasteiger partial charge is 0.330 e. The first-order valence-electron chi connectivity index (χ1n) is 8.50. The van der Waals surface area contributed by atoms with E-state index in [-0.39, 0.29) is 17.5 Å². The number of phenols is 2. The number of hydrogen-bond donors (Lipinski definition) is 2. The quantitative estimate of drug-likeness (QED) is 0.266. The highest BCUT2D eigenvalue weighted by Crippen LogP contribution is 2.25. The Morgan fingerprint density at radius 1 is 1.00 bits per heavy atom. The Balaban J connectivity index is 2.10. The van der Waals surface area contributed by atoms with E-state index in [2.05, 4.69) is 6.92 Å². The van der Waals surface area contributed by atoms with Gasteiger partial charge in [0.25, 0.3) is 0 Å². The third-order valence-electron chi connectivity index (χ3n) is 3.65. The Morgan fingerprint density at radius 2 is 1.65 bits per heavy atom. The van der Waals surface area contributed by atoms with Crippen molar-refractivity contribution in [3.05, 3.63) is 29.8 Å². The average Bonchev–Trinajstić information content (AvgIpc) is 2.54. The summed E-state index contributed by atoms with van der Waals surface area (Å²) in [7, 11) is 0. The lowest BCUT2D eigenvalue weighted by molar-refractivity contribution is -0.137. The highest BCUT2D eigenvalue weighted by molar-refractivity contribution is 5.87. The van der Waals surface area contributed by atoms with Crippen LogP contribution in [0.5, 0.6) is 11.5 Å². The second-order valence-electron chi connectivity index (χ2n) is 5.72. The van der Waals surface area contributed by atoms with Crippen LogP contribution in [0.25, 0.3) is 6.08 Å². The number of hydrogen-bond acceptors (Lipinski definition) is 4. The molecule has 23 heavy (non-hydrogen) atoms. The van der Waals surface area contributed by atoms with Gasteiger partial charge in [-0.15, -0.1) is 0 Å². The van der Waals surface area contributed by atoms with Gasteiger partial charge < -0.3 is 14.9 Å². The first kappa shape index (κ1) is 19.1. The van der Waals surface area contributed by atoms with Crippen LogP contribution < -0.4 is 0 Å². The Bertz CT molecular complexity index is 494. The van der Waals surface area contributed by atoms with Gasteiger partial charge in [0, 0.05) is 6.08 Å². The molecule has 0 saturated carbocycles. The summed E-state index contributed by atoms with van der Waals surface area (Å²) in [5.41, 5.74) is 0.629. The summed E-state index contributed by atoms with van der Waals surface area (Å²) in [6.07, 6.45) is 12.5. The molecule has 0 unspecified atom stereocenters. The molecule has 1 rings (SSSR count). The molecule has 1 aromatic carbocycles. The third kappa shape index (κ3) is 8.91. The molecule has 0 aliphatic rings. The molecule has 0 spiro atoms. The molecule has 0 radical (unpaired) electrons. The number of rotatable bonds is 11. The van der Waals surface area contributed by atoms with E-state index in [0.717, 1.165) is 12.8 Å². The molecule has 0 amide bonds. The predicted octanol–water partition coefficient (Wildman–Crippen LogP) is 4.79. The van der Waals surface area contributed by atoms with Crippen LogP contribution in [0.4, 0.5) is 0 Å². The Labute approximate surface area is 138 Å². The molecule has 0 bridgehead atoms. The number of ether oxygens (including phenoxy) is 1. The van der Waals surface area contributed by atoms with Crippen molar-refractivity contribution in [1.82, 2.24) is 0 Å². The zero-order valence-corrected chi connectivity index (χ0v) is 14.0. The van der Waals surface area contributed by atoms with Gasteiger partial charge in [0.15, 0.2) is 11.5 Å². The van der Waals surface area contributed by atoms with E-state index < -0.39 is 0 Å². The van der Waals surface area contributed by atoms with Crippen molar-refractivity contribution < 1.29 is 19.7 Å². The maximum atomic E-state index is 11.6. The number of unbranched alkanes of at least 4 members (excludes halogenated alkanes) is 7. The van der Waals surface area contributed by atoms with Crippen molar-refractivity contribution in [1.29, 1.82) is 0 Å². The molecule has 0 fully saturated rings. The summed E-state index contributed by atoms with van der Waals surface area (Å²) in [4.78, 5) is 11.6. The molecule has 2 N–H and O–H groups in total. The van der Waals surface area contributed by atoms with E-state index in [1.807, 2.05) is 0 Å². The second kappa shape index (κ2) is 11.6. The standard InChI is InChI=1S/C19H28O4/c1-2-3-4-5-6-7-8-9-14-23-19(22)13-11-16-10-12-17(20)18(21)15-16/h10-13,15,20-21H,2-9,14H2,1H3. The van der Waals surface area contributed by atoms with E-state index in [9.17, 15) is 15.0 Å². The van der Waals surface area contributed by atoms with Crippen LogP contribution in [-0.2, 0) is 9.53 Å². The number of carbonyl (C=O) groups excluding carboxylic acids is 1. The molecule has 0 atom stereocenters. The topological polar surface area (TPSA) is 66.8 Å². The highest BCUT2D eigenvalue weighted by Gasteiger charge is 2.00. The minimum atomic E-state index is -0.388. The van der Waals surface area contributed by atoms with Crippen molar-refractivity contribution in [2.75, 3.05) is 6.61 Å². The molecule has 128 valence electrons. The Kier molecular flexibility index (Phi) is 9.60. The highest BCUT2D eigenvalue weighted by atomic mass is 16.5. The van der Waals surface area contributed by atoms with Gasteiger partial charge >= 0.3 is 5.97 Å². The first-order chi connectivity index (χ1) is 11.1. The van der Waals surface area contributed by atoms with Gasteiger partial charge in [0.05, 0.1) is 6.61 Å². The molecule has 0 aliphatic carbocycles. The van der Waals surface area contributed by atoms with Crippen LogP contribution >= 0.6 is 0 Å². The number of esters is 1. The van der Waals surface area contributed by atoms with Crippen LogP contribution in [-0.4, -0.2) is 22.8 Å². The largest absolute Gasteiger partial charge is 0.504 e. The summed E-state index contributed by atoms with van der Waals surface area (Å²) in [6.45, 7) is 2.66. The molecule has 4 heteroatoms. The van der Waals surface area contributed by atoms with Crippen LogP contribution in [0, 0.1) is 0 Å². The summed E-state index contributed by atoms with van der Waals surface area (Å²) in [5, 5.41) is 18.6. The summed E-state index contributed by atoms with van der Waals surface area (Å²) in [6, 6.07) is 4.37. The predicted molar refractivity (Wildman–Crippen MR) is 92.4 cm³/mol. The molecule has 0 aromatic heterocycles. The lowest BCUT2D eigenvalue weighted by atomic mass is 10.1. The first-order valence-corrected chi connectivity index (χ1v) is 8.50. The zero-order chi connectivity index (χ0) is 16.9. The SMILES string of the molecule is CCCCCCCCCCOC(=O)C=Cc1ccc(O)c(O)c1. The Morgan fingerprint density at radius 3 is 2.30 bits per heavy atom. The fourth-order valence-electron chi connectivity index (χ4n) is 2.27. The molecule has 0 aliphatic heterocycles. The van der Waals surface area contributed by atoms with Crippen LogP contribution in [0.15, 0.2) is 24.3 Å². The molecule has 0 heterocycles. The minimum Gasteiger partial charge on any atom is -0.504 e. The lowest BCUT2D eigenvalue weighted by Crippen LogP contribution is -2.02. The molecular weight excluding hydrogens is 292 g/mol. The van der Waals surface area contributed by atoms with Gasteiger partial charge in [0.2, 0.25) is 0 Å². The van der Waals surface area contributed by atoms with E-state index in [0.29, 0.717) is 12.2 Å². The van der Waals surface area contributed by atoms with Gasteiger partial charge in [-0.25, -0.2) is 4.79 Å². The summed E-state index contributed by atoms with van der Waals surface area (Å²) < 4.78 is 5.13. The fourth-order valence-corrected chi connectivity index (χ4v) is 2.27.